The van der Waals surface area contributed by atoms with E-state index in [9.17, 15) is 19.7 Å². The summed E-state index contributed by atoms with van der Waals surface area (Å²) in [6.07, 6.45) is 1.21. The lowest BCUT2D eigenvalue weighted by molar-refractivity contribution is -0.384. The summed E-state index contributed by atoms with van der Waals surface area (Å²) in [4.78, 5) is 38.7. The van der Waals surface area contributed by atoms with E-state index in [-0.39, 0.29) is 28.8 Å². The van der Waals surface area contributed by atoms with E-state index in [1.165, 1.54) is 17.0 Å². The van der Waals surface area contributed by atoms with E-state index in [4.69, 9.17) is 11.6 Å². The van der Waals surface area contributed by atoms with Crippen LogP contribution in [0.4, 0.5) is 11.4 Å². The van der Waals surface area contributed by atoms with Gasteiger partial charge in [-0.25, -0.2) is 0 Å². The van der Waals surface area contributed by atoms with E-state index in [0.717, 1.165) is 18.1 Å². The fraction of sp³-hybridized carbons (Fsp3) is 0.263. The average molecular weight is 388 g/mol. The van der Waals surface area contributed by atoms with Crippen molar-refractivity contribution in [3.63, 3.8) is 0 Å². The lowest BCUT2D eigenvalue weighted by atomic mass is 10.1. The third-order valence-corrected chi connectivity index (χ3v) is 4.78. The van der Waals surface area contributed by atoms with Crippen molar-refractivity contribution in [1.29, 1.82) is 0 Å². The van der Waals surface area contributed by atoms with Crippen LogP contribution in [0.1, 0.15) is 28.8 Å². The molecule has 3 rings (SSSR count). The molecule has 0 bridgehead atoms. The van der Waals surface area contributed by atoms with Crippen LogP contribution >= 0.6 is 11.6 Å². The highest BCUT2D eigenvalue weighted by atomic mass is 35.5. The van der Waals surface area contributed by atoms with Crippen LogP contribution in [-0.2, 0) is 4.79 Å². The zero-order chi connectivity index (χ0) is 19.6. The molecule has 1 fully saturated rings. The molecule has 0 saturated carbocycles. The van der Waals surface area contributed by atoms with Gasteiger partial charge in [0.25, 0.3) is 11.6 Å². The van der Waals surface area contributed by atoms with Crippen LogP contribution < -0.4 is 4.90 Å². The molecule has 0 aromatic heterocycles. The second kappa shape index (κ2) is 7.75. The number of hydrogen-bond donors (Lipinski definition) is 0. The van der Waals surface area contributed by atoms with Crippen molar-refractivity contribution in [2.24, 2.45) is 0 Å². The molecule has 27 heavy (non-hydrogen) atoms. The largest absolute Gasteiger partial charge is 0.324 e. The molecule has 0 unspecified atom stereocenters. The number of nitro groups is 1. The van der Waals surface area contributed by atoms with Gasteiger partial charge in [-0.1, -0.05) is 29.3 Å². The predicted molar refractivity (Wildman–Crippen MR) is 102 cm³/mol. The molecule has 1 aliphatic rings. The van der Waals surface area contributed by atoms with Gasteiger partial charge in [-0.2, -0.15) is 0 Å². The summed E-state index contributed by atoms with van der Waals surface area (Å²) < 4.78 is 0. The van der Waals surface area contributed by atoms with Gasteiger partial charge < -0.3 is 4.90 Å². The number of hydrogen-bond acceptors (Lipinski definition) is 4. The Morgan fingerprint density at radius 1 is 1.26 bits per heavy atom. The summed E-state index contributed by atoms with van der Waals surface area (Å²) in [6, 6.07) is 11.3. The maximum atomic E-state index is 13.1. The summed E-state index contributed by atoms with van der Waals surface area (Å²) in [6.45, 7) is 2.61. The van der Waals surface area contributed by atoms with Crippen molar-refractivity contribution in [3.05, 3.63) is 68.7 Å². The Morgan fingerprint density at radius 2 is 1.96 bits per heavy atom. The Labute approximate surface area is 161 Å². The molecule has 1 heterocycles. The first-order valence-electron chi connectivity index (χ1n) is 8.47. The molecular weight excluding hydrogens is 370 g/mol. The van der Waals surface area contributed by atoms with Gasteiger partial charge >= 0.3 is 0 Å². The number of carbonyl (C=O) groups excluding carboxylic acids is 2. The fourth-order valence-electron chi connectivity index (χ4n) is 2.95. The molecule has 1 saturated heterocycles. The van der Waals surface area contributed by atoms with Crippen molar-refractivity contribution >= 4 is 34.8 Å². The first-order chi connectivity index (χ1) is 12.9. The number of anilines is 1. The van der Waals surface area contributed by atoms with Crippen LogP contribution in [0.3, 0.4) is 0 Å². The number of likely N-dealkylation sites (tertiary alicyclic amines) is 1. The third-order valence-electron chi connectivity index (χ3n) is 4.46. The normalized spacial score (nSPS) is 13.7. The molecule has 7 nitrogen and oxygen atoms in total. The van der Waals surface area contributed by atoms with E-state index >= 15 is 0 Å². The Kier molecular flexibility index (Phi) is 5.41. The number of carbonyl (C=O) groups is 2. The van der Waals surface area contributed by atoms with Gasteiger partial charge in [0.2, 0.25) is 5.91 Å². The minimum atomic E-state index is -0.626. The van der Waals surface area contributed by atoms with Gasteiger partial charge in [0, 0.05) is 30.3 Å². The molecule has 0 aliphatic carbocycles. The fourth-order valence-corrected chi connectivity index (χ4v) is 3.14. The highest BCUT2D eigenvalue weighted by Gasteiger charge is 2.27. The molecule has 140 valence electrons. The minimum absolute atomic E-state index is 0.0120. The van der Waals surface area contributed by atoms with Crippen molar-refractivity contribution in [2.45, 2.75) is 19.8 Å². The van der Waals surface area contributed by atoms with Gasteiger partial charge in [0.1, 0.15) is 11.7 Å². The lowest BCUT2D eigenvalue weighted by Gasteiger charge is -2.28. The average Bonchev–Trinajstić information content (AvgIpc) is 3.05. The smallest absolute Gasteiger partial charge is 0.288 e. The number of rotatable bonds is 5. The maximum absolute atomic E-state index is 13.1. The highest BCUT2D eigenvalue weighted by molar-refractivity contribution is 6.32. The topological polar surface area (TPSA) is 83.8 Å². The summed E-state index contributed by atoms with van der Waals surface area (Å²) in [5.74, 6) is -0.444. The van der Waals surface area contributed by atoms with Crippen LogP contribution in [0.5, 0.6) is 0 Å². The first-order valence-corrected chi connectivity index (χ1v) is 8.85. The van der Waals surface area contributed by atoms with E-state index in [2.05, 4.69) is 0 Å². The monoisotopic (exact) mass is 387 g/mol. The zero-order valence-corrected chi connectivity index (χ0v) is 15.5. The van der Waals surface area contributed by atoms with Crippen molar-refractivity contribution < 1.29 is 14.5 Å². The van der Waals surface area contributed by atoms with Crippen LogP contribution in [0.15, 0.2) is 42.5 Å². The molecule has 2 aromatic rings. The summed E-state index contributed by atoms with van der Waals surface area (Å²) in [5, 5.41) is 11.1. The minimum Gasteiger partial charge on any atom is -0.324 e. The molecule has 0 atom stereocenters. The number of halogens is 1. The van der Waals surface area contributed by atoms with Crippen LogP contribution in [0, 0.1) is 17.0 Å². The Balaban J connectivity index is 1.97. The van der Waals surface area contributed by atoms with Crippen molar-refractivity contribution in [2.75, 3.05) is 18.1 Å². The third kappa shape index (κ3) is 4.09. The standard InChI is InChI=1S/C19H18ClN3O4/c1-13-4-7-15(8-5-13)22(12-21-10-2-3-18(21)24)19(25)14-6-9-16(20)17(11-14)23(26)27/h4-9,11H,2-3,10,12H2,1H3. The van der Waals surface area contributed by atoms with Crippen LogP contribution in [0.25, 0.3) is 0 Å². The highest BCUT2D eigenvalue weighted by Crippen LogP contribution is 2.27. The van der Waals surface area contributed by atoms with Gasteiger partial charge in [-0.3, -0.25) is 24.6 Å². The molecule has 2 amide bonds. The molecule has 1 aliphatic heterocycles. The SMILES string of the molecule is Cc1ccc(N(CN2CCCC2=O)C(=O)c2ccc(Cl)c([N+](=O)[O-])c2)cc1. The second-order valence-electron chi connectivity index (χ2n) is 6.39. The van der Waals surface area contributed by atoms with Gasteiger partial charge in [-0.05, 0) is 37.6 Å². The van der Waals surface area contributed by atoms with E-state index in [1.54, 1.807) is 17.0 Å². The quantitative estimate of drug-likeness (QED) is 0.577. The molecule has 2 aromatic carbocycles. The Bertz CT molecular complexity index is 898. The van der Waals surface area contributed by atoms with E-state index in [1.807, 2.05) is 19.1 Å². The first kappa shape index (κ1) is 18.8. The molecular formula is C19H18ClN3O4. The second-order valence-corrected chi connectivity index (χ2v) is 6.80. The zero-order valence-electron chi connectivity index (χ0n) is 14.7. The van der Waals surface area contributed by atoms with Gasteiger partial charge in [0.15, 0.2) is 0 Å². The van der Waals surface area contributed by atoms with Crippen LogP contribution in [-0.4, -0.2) is 34.9 Å². The number of benzene rings is 2. The summed E-state index contributed by atoms with van der Waals surface area (Å²) in [7, 11) is 0. The molecule has 0 N–H and O–H groups in total. The van der Waals surface area contributed by atoms with E-state index in [0.29, 0.717) is 18.7 Å². The lowest BCUT2D eigenvalue weighted by Crippen LogP contribution is -2.42. The number of amides is 2. The molecule has 0 spiro atoms. The summed E-state index contributed by atoms with van der Waals surface area (Å²) >= 11 is 5.85. The Hall–Kier alpha value is -2.93. The number of nitro benzene ring substituents is 1. The van der Waals surface area contributed by atoms with Gasteiger partial charge in [-0.15, -0.1) is 0 Å². The van der Waals surface area contributed by atoms with Crippen molar-refractivity contribution in [3.8, 4) is 0 Å². The van der Waals surface area contributed by atoms with Crippen molar-refractivity contribution in [1.82, 2.24) is 4.90 Å². The van der Waals surface area contributed by atoms with Crippen LogP contribution in [0.2, 0.25) is 5.02 Å². The molecule has 8 heteroatoms. The number of nitrogens with zero attached hydrogens (tertiary/aromatic N) is 3. The van der Waals surface area contributed by atoms with Gasteiger partial charge in [0.05, 0.1) is 4.92 Å². The Morgan fingerprint density at radius 3 is 2.56 bits per heavy atom. The predicted octanol–water partition coefficient (Wildman–Crippen LogP) is 3.78. The number of aryl methyl sites for hydroxylation is 1. The summed E-state index contributed by atoms with van der Waals surface area (Å²) in [5.41, 5.74) is 1.45. The van der Waals surface area contributed by atoms with E-state index < -0.39 is 10.8 Å². The maximum Gasteiger partial charge on any atom is 0.288 e. The molecule has 0 radical (unpaired) electrons.